The van der Waals surface area contributed by atoms with Gasteiger partial charge in [-0.3, -0.25) is 9.59 Å². The number of nitrogens with one attached hydrogen (secondary N) is 1. The molecule has 0 unspecified atom stereocenters. The Morgan fingerprint density at radius 1 is 1.12 bits per heavy atom. The molecule has 32 heavy (non-hydrogen) atoms. The fourth-order valence-corrected chi connectivity index (χ4v) is 4.15. The van der Waals surface area contributed by atoms with Crippen molar-refractivity contribution in [2.45, 2.75) is 13.3 Å². The molecule has 2 aromatic heterocycles. The largest absolute Gasteiger partial charge is 0.352 e. The lowest BCUT2D eigenvalue weighted by Crippen LogP contribution is -2.45. The van der Waals surface area contributed by atoms with Crippen LogP contribution >= 0.6 is 0 Å². The van der Waals surface area contributed by atoms with Crippen LogP contribution in [0, 0.1) is 12.7 Å². The van der Waals surface area contributed by atoms with E-state index in [9.17, 15) is 14.0 Å². The molecule has 1 saturated heterocycles. The van der Waals surface area contributed by atoms with Gasteiger partial charge in [0.2, 0.25) is 5.43 Å². The van der Waals surface area contributed by atoms with E-state index in [2.05, 4.69) is 27.3 Å². The molecule has 1 aliphatic rings. The minimum absolute atomic E-state index is 0.0985. The summed E-state index contributed by atoms with van der Waals surface area (Å²) in [4.78, 5) is 30.6. The van der Waals surface area contributed by atoms with E-state index in [0.717, 1.165) is 39.1 Å². The summed E-state index contributed by atoms with van der Waals surface area (Å²) in [5.74, 6) is -0.720. The Bertz CT molecular complexity index is 1180. The lowest BCUT2D eigenvalue weighted by Gasteiger charge is -2.32. The summed E-state index contributed by atoms with van der Waals surface area (Å²) in [6.45, 7) is 7.38. The highest BCUT2D eigenvalue weighted by Crippen LogP contribution is 2.20. The summed E-state index contributed by atoms with van der Waals surface area (Å²) in [6.07, 6.45) is 2.38. The molecule has 0 bridgehead atoms. The molecule has 4 rings (SSSR count). The zero-order chi connectivity index (χ0) is 22.8. The Hall–Kier alpha value is -3.04. The topological polar surface area (TPSA) is 75.4 Å². The first-order valence-corrected chi connectivity index (χ1v) is 10.9. The van der Waals surface area contributed by atoms with Gasteiger partial charge in [-0.1, -0.05) is 0 Å². The predicted molar refractivity (Wildman–Crippen MR) is 122 cm³/mol. The van der Waals surface area contributed by atoms with Gasteiger partial charge in [0.1, 0.15) is 17.0 Å². The molecule has 1 amide bonds. The molecule has 3 heterocycles. The van der Waals surface area contributed by atoms with Crippen LogP contribution in [0.15, 0.2) is 35.3 Å². The summed E-state index contributed by atoms with van der Waals surface area (Å²) in [5.41, 5.74) is 1.47. The number of piperazine rings is 1. The van der Waals surface area contributed by atoms with E-state index in [1.807, 2.05) is 0 Å². The standard InChI is InChI=1S/C23H29FN6O2/c1-16-20-21(31)19(22(32)25-9-4-10-29-13-11-27(2)12-14-29)15-28(3)23(20)30(26-16)18-7-5-17(24)6-8-18/h5-8,15H,4,9-14H2,1-3H3,(H,25,32). The minimum atomic E-state index is -0.375. The molecular formula is C23H29FN6O2. The van der Waals surface area contributed by atoms with E-state index in [0.29, 0.717) is 29.0 Å². The number of halogens is 1. The molecule has 1 aromatic carbocycles. The summed E-state index contributed by atoms with van der Waals surface area (Å²) in [7, 11) is 3.90. The van der Waals surface area contributed by atoms with Crippen LogP contribution in [0.3, 0.4) is 0 Å². The quantitative estimate of drug-likeness (QED) is 0.589. The number of aryl methyl sites for hydroxylation is 2. The van der Waals surface area contributed by atoms with Crippen LogP contribution in [0.5, 0.6) is 0 Å². The molecule has 9 heteroatoms. The molecule has 8 nitrogen and oxygen atoms in total. The number of hydrogen-bond donors (Lipinski definition) is 1. The number of pyridine rings is 1. The van der Waals surface area contributed by atoms with E-state index in [1.54, 1.807) is 41.5 Å². The Kier molecular flexibility index (Phi) is 6.38. The Morgan fingerprint density at radius 3 is 2.50 bits per heavy atom. The van der Waals surface area contributed by atoms with Gasteiger partial charge in [0.15, 0.2) is 0 Å². The number of hydrogen-bond acceptors (Lipinski definition) is 5. The highest BCUT2D eigenvalue weighted by molar-refractivity contribution is 5.97. The molecule has 0 radical (unpaired) electrons. The van der Waals surface area contributed by atoms with Crippen LogP contribution in [-0.2, 0) is 7.05 Å². The second-order valence-electron chi connectivity index (χ2n) is 8.41. The first-order chi connectivity index (χ1) is 15.3. The van der Waals surface area contributed by atoms with Crippen molar-refractivity contribution in [1.29, 1.82) is 0 Å². The summed E-state index contributed by atoms with van der Waals surface area (Å²) in [5, 5.41) is 7.75. The number of likely N-dealkylation sites (N-methyl/N-ethyl adjacent to an activating group) is 1. The van der Waals surface area contributed by atoms with Gasteiger partial charge in [-0.15, -0.1) is 0 Å². The van der Waals surface area contributed by atoms with Gasteiger partial charge in [-0.2, -0.15) is 5.10 Å². The van der Waals surface area contributed by atoms with Crippen LogP contribution in [0.4, 0.5) is 4.39 Å². The number of benzene rings is 1. The average molecular weight is 441 g/mol. The molecular weight excluding hydrogens is 411 g/mol. The van der Waals surface area contributed by atoms with E-state index in [4.69, 9.17) is 0 Å². The molecule has 0 aliphatic carbocycles. The highest BCUT2D eigenvalue weighted by Gasteiger charge is 2.21. The second kappa shape index (κ2) is 9.22. The number of carbonyl (C=O) groups excluding carboxylic acids is 1. The maximum absolute atomic E-state index is 13.3. The van der Waals surface area contributed by atoms with Crippen LogP contribution < -0.4 is 10.7 Å². The summed E-state index contributed by atoms with van der Waals surface area (Å²) < 4.78 is 16.6. The second-order valence-corrected chi connectivity index (χ2v) is 8.41. The van der Waals surface area contributed by atoms with Gasteiger partial charge in [0.25, 0.3) is 5.91 Å². The summed E-state index contributed by atoms with van der Waals surface area (Å²) in [6, 6.07) is 5.90. The summed E-state index contributed by atoms with van der Waals surface area (Å²) >= 11 is 0. The number of fused-ring (bicyclic) bond motifs is 1. The number of rotatable bonds is 6. The SMILES string of the molecule is Cc1nn(-c2ccc(F)cc2)c2c1c(=O)c(C(=O)NCCCN1CCN(C)CC1)cn2C. The number of nitrogens with zero attached hydrogens (tertiary/aromatic N) is 5. The van der Waals surface area contributed by atoms with Gasteiger partial charge in [-0.25, -0.2) is 9.07 Å². The number of amides is 1. The first-order valence-electron chi connectivity index (χ1n) is 10.9. The maximum atomic E-state index is 13.3. The van der Waals surface area contributed by atoms with Crippen molar-refractivity contribution in [3.05, 3.63) is 57.8 Å². The van der Waals surface area contributed by atoms with Crippen molar-refractivity contribution in [2.75, 3.05) is 46.3 Å². The Morgan fingerprint density at radius 2 is 1.81 bits per heavy atom. The molecule has 170 valence electrons. The lowest BCUT2D eigenvalue weighted by molar-refractivity contribution is 0.0948. The fourth-order valence-electron chi connectivity index (χ4n) is 4.15. The molecule has 0 atom stereocenters. The third-order valence-electron chi connectivity index (χ3n) is 6.01. The van der Waals surface area contributed by atoms with Crippen molar-refractivity contribution in [3.8, 4) is 5.69 Å². The molecule has 3 aromatic rings. The Labute approximate surface area is 186 Å². The zero-order valence-electron chi connectivity index (χ0n) is 18.8. The molecule has 0 spiro atoms. The monoisotopic (exact) mass is 440 g/mol. The van der Waals surface area contributed by atoms with Gasteiger partial charge in [0, 0.05) is 46.0 Å². The van der Waals surface area contributed by atoms with Crippen LogP contribution in [0.1, 0.15) is 22.5 Å². The maximum Gasteiger partial charge on any atom is 0.256 e. The minimum Gasteiger partial charge on any atom is -0.352 e. The molecule has 1 N–H and O–H groups in total. The van der Waals surface area contributed by atoms with Crippen molar-refractivity contribution < 1.29 is 9.18 Å². The van der Waals surface area contributed by atoms with Crippen molar-refractivity contribution in [1.82, 2.24) is 29.5 Å². The van der Waals surface area contributed by atoms with E-state index >= 15 is 0 Å². The van der Waals surface area contributed by atoms with Gasteiger partial charge in [-0.05, 0) is 51.2 Å². The van der Waals surface area contributed by atoms with Crippen molar-refractivity contribution in [2.24, 2.45) is 7.05 Å². The van der Waals surface area contributed by atoms with Crippen molar-refractivity contribution in [3.63, 3.8) is 0 Å². The lowest BCUT2D eigenvalue weighted by atomic mass is 10.1. The smallest absolute Gasteiger partial charge is 0.256 e. The van der Waals surface area contributed by atoms with Crippen LogP contribution in [-0.4, -0.2) is 76.4 Å². The van der Waals surface area contributed by atoms with E-state index < -0.39 is 0 Å². The van der Waals surface area contributed by atoms with Crippen LogP contribution in [0.2, 0.25) is 0 Å². The third kappa shape index (κ3) is 4.44. The predicted octanol–water partition coefficient (Wildman–Crippen LogP) is 1.54. The first kappa shape index (κ1) is 22.2. The Balaban J connectivity index is 1.50. The zero-order valence-corrected chi connectivity index (χ0v) is 18.8. The fraction of sp³-hybridized carbons (Fsp3) is 0.435. The van der Waals surface area contributed by atoms with Gasteiger partial charge in [0.05, 0.1) is 16.8 Å². The average Bonchev–Trinajstić information content (AvgIpc) is 3.13. The van der Waals surface area contributed by atoms with E-state index in [1.165, 1.54) is 12.1 Å². The highest BCUT2D eigenvalue weighted by atomic mass is 19.1. The third-order valence-corrected chi connectivity index (χ3v) is 6.01. The molecule has 1 fully saturated rings. The molecule has 0 saturated carbocycles. The molecule has 1 aliphatic heterocycles. The number of carbonyl (C=O) groups is 1. The number of aromatic nitrogens is 3. The van der Waals surface area contributed by atoms with Crippen LogP contribution in [0.25, 0.3) is 16.7 Å². The van der Waals surface area contributed by atoms with Gasteiger partial charge >= 0.3 is 0 Å². The van der Waals surface area contributed by atoms with Gasteiger partial charge < -0.3 is 19.7 Å². The normalized spacial score (nSPS) is 15.4. The van der Waals surface area contributed by atoms with E-state index in [-0.39, 0.29) is 22.7 Å². The van der Waals surface area contributed by atoms with Crippen molar-refractivity contribution >= 4 is 16.9 Å².